The maximum Gasteiger partial charge on any atom is 0.251 e. The fourth-order valence-corrected chi connectivity index (χ4v) is 3.73. The third-order valence-corrected chi connectivity index (χ3v) is 5.74. The van der Waals surface area contributed by atoms with Crippen molar-refractivity contribution in [3.63, 3.8) is 0 Å². The second kappa shape index (κ2) is 12.9. The predicted octanol–water partition coefficient (Wildman–Crippen LogP) is 6.19. The molecule has 0 spiro atoms. The van der Waals surface area contributed by atoms with Gasteiger partial charge in [0, 0.05) is 18.5 Å². The maximum absolute atomic E-state index is 12.6. The number of benzene rings is 3. The molecule has 0 aliphatic heterocycles. The third-order valence-electron chi connectivity index (χ3n) is 5.12. The number of methoxy groups -OCH3 is 1. The van der Waals surface area contributed by atoms with Crippen LogP contribution in [0.25, 0.3) is 0 Å². The van der Waals surface area contributed by atoms with E-state index in [2.05, 4.69) is 40.3 Å². The number of ether oxygens (including phenoxy) is 3. The minimum absolute atomic E-state index is 0.159. The van der Waals surface area contributed by atoms with Crippen molar-refractivity contribution in [1.82, 2.24) is 5.32 Å². The lowest BCUT2D eigenvalue weighted by atomic mass is 10.1. The van der Waals surface area contributed by atoms with Crippen molar-refractivity contribution < 1.29 is 19.0 Å². The van der Waals surface area contributed by atoms with E-state index in [0.717, 1.165) is 29.3 Å². The van der Waals surface area contributed by atoms with E-state index in [1.165, 1.54) is 5.56 Å². The molecule has 6 heteroatoms. The van der Waals surface area contributed by atoms with Crippen LogP contribution in [0.5, 0.6) is 17.2 Å². The Balaban J connectivity index is 1.53. The average molecular weight is 512 g/mol. The molecular formula is C27H30BrNO4. The first-order valence-electron chi connectivity index (χ1n) is 11.1. The molecule has 0 aromatic heterocycles. The highest BCUT2D eigenvalue weighted by molar-refractivity contribution is 9.10. The fourth-order valence-electron chi connectivity index (χ4n) is 3.23. The van der Waals surface area contributed by atoms with Gasteiger partial charge in [-0.3, -0.25) is 4.79 Å². The Morgan fingerprint density at radius 3 is 2.36 bits per heavy atom. The van der Waals surface area contributed by atoms with E-state index in [1.54, 1.807) is 19.2 Å². The molecule has 1 N–H and O–H groups in total. The topological polar surface area (TPSA) is 56.8 Å². The number of carbonyl (C=O) groups excluding carboxylic acids is 1. The molecular weight excluding hydrogens is 482 g/mol. The molecule has 0 unspecified atom stereocenters. The van der Waals surface area contributed by atoms with Gasteiger partial charge in [-0.15, -0.1) is 0 Å². The quantitative estimate of drug-likeness (QED) is 0.294. The molecule has 0 saturated carbocycles. The summed E-state index contributed by atoms with van der Waals surface area (Å²) in [6, 6.07) is 21.3. The Bertz CT molecular complexity index is 1040. The standard InChI is InChI=1S/C27H30BrNO4/c1-3-4-15-32-25-12-10-21(17-26(25)31-2)19-29-27(30)22-11-13-24(23(28)18-22)33-16-14-20-8-6-5-7-9-20/h5-13,17-18H,3-4,14-16,19H2,1-2H3,(H,29,30). The van der Waals surface area contributed by atoms with Gasteiger partial charge in [-0.05, 0) is 63.8 Å². The summed E-state index contributed by atoms with van der Waals surface area (Å²) in [5.74, 6) is 1.94. The zero-order valence-electron chi connectivity index (χ0n) is 19.1. The minimum Gasteiger partial charge on any atom is -0.493 e. The SMILES string of the molecule is CCCCOc1ccc(CNC(=O)c2ccc(OCCc3ccccc3)c(Br)c2)cc1OC. The van der Waals surface area contributed by atoms with Crippen LogP contribution in [0, 0.1) is 0 Å². The summed E-state index contributed by atoms with van der Waals surface area (Å²) in [5.41, 5.74) is 2.72. The summed E-state index contributed by atoms with van der Waals surface area (Å²) >= 11 is 3.52. The molecule has 0 radical (unpaired) electrons. The molecule has 5 nitrogen and oxygen atoms in total. The number of carbonyl (C=O) groups is 1. The van der Waals surface area contributed by atoms with Crippen LogP contribution in [-0.4, -0.2) is 26.2 Å². The lowest BCUT2D eigenvalue weighted by Crippen LogP contribution is -2.22. The zero-order valence-corrected chi connectivity index (χ0v) is 20.7. The molecule has 0 atom stereocenters. The average Bonchev–Trinajstić information content (AvgIpc) is 2.84. The Hall–Kier alpha value is -2.99. The van der Waals surface area contributed by atoms with Crippen molar-refractivity contribution >= 4 is 21.8 Å². The van der Waals surface area contributed by atoms with Crippen LogP contribution >= 0.6 is 15.9 Å². The van der Waals surface area contributed by atoms with E-state index in [1.807, 2.05) is 42.5 Å². The van der Waals surface area contributed by atoms with Crippen LogP contribution in [-0.2, 0) is 13.0 Å². The van der Waals surface area contributed by atoms with Crippen molar-refractivity contribution in [3.05, 3.63) is 87.9 Å². The summed E-state index contributed by atoms with van der Waals surface area (Å²) in [5, 5.41) is 2.95. The van der Waals surface area contributed by atoms with E-state index < -0.39 is 0 Å². The first kappa shape index (κ1) is 24.6. The molecule has 0 heterocycles. The van der Waals surface area contributed by atoms with E-state index in [9.17, 15) is 4.79 Å². The summed E-state index contributed by atoms with van der Waals surface area (Å²) in [6.07, 6.45) is 2.89. The molecule has 174 valence electrons. The van der Waals surface area contributed by atoms with Crippen LogP contribution in [0.15, 0.2) is 71.2 Å². The van der Waals surface area contributed by atoms with Gasteiger partial charge in [0.1, 0.15) is 5.75 Å². The maximum atomic E-state index is 12.6. The van der Waals surface area contributed by atoms with Gasteiger partial charge in [-0.25, -0.2) is 0 Å². The van der Waals surface area contributed by atoms with Gasteiger partial charge in [0.2, 0.25) is 0 Å². The van der Waals surface area contributed by atoms with Crippen molar-refractivity contribution in [1.29, 1.82) is 0 Å². The number of unbranched alkanes of at least 4 members (excludes halogenated alkanes) is 1. The van der Waals surface area contributed by atoms with E-state index in [0.29, 0.717) is 42.6 Å². The molecule has 3 aromatic carbocycles. The molecule has 0 saturated heterocycles. The Morgan fingerprint density at radius 1 is 0.879 bits per heavy atom. The highest BCUT2D eigenvalue weighted by Gasteiger charge is 2.11. The van der Waals surface area contributed by atoms with Gasteiger partial charge >= 0.3 is 0 Å². The number of hydrogen-bond donors (Lipinski definition) is 1. The van der Waals surface area contributed by atoms with Crippen molar-refractivity contribution in [2.45, 2.75) is 32.7 Å². The number of rotatable bonds is 12. The van der Waals surface area contributed by atoms with Crippen LogP contribution in [0.2, 0.25) is 0 Å². The molecule has 33 heavy (non-hydrogen) atoms. The number of nitrogens with one attached hydrogen (secondary N) is 1. The second-order valence-corrected chi connectivity index (χ2v) is 8.45. The predicted molar refractivity (Wildman–Crippen MR) is 134 cm³/mol. The molecule has 3 rings (SSSR count). The first-order valence-corrected chi connectivity index (χ1v) is 11.9. The highest BCUT2D eigenvalue weighted by atomic mass is 79.9. The summed E-state index contributed by atoms with van der Waals surface area (Å²) in [6.45, 7) is 3.73. The van der Waals surface area contributed by atoms with E-state index in [-0.39, 0.29) is 5.91 Å². The third kappa shape index (κ3) is 7.53. The van der Waals surface area contributed by atoms with Crippen molar-refractivity contribution in [2.24, 2.45) is 0 Å². The van der Waals surface area contributed by atoms with Gasteiger partial charge in [-0.1, -0.05) is 49.7 Å². The molecule has 3 aromatic rings. The van der Waals surface area contributed by atoms with Crippen molar-refractivity contribution in [3.8, 4) is 17.2 Å². The van der Waals surface area contributed by atoms with Gasteiger partial charge in [0.25, 0.3) is 5.91 Å². The van der Waals surface area contributed by atoms with Crippen LogP contribution in [0.4, 0.5) is 0 Å². The van der Waals surface area contributed by atoms with E-state index >= 15 is 0 Å². The van der Waals surface area contributed by atoms with Crippen LogP contribution in [0.1, 0.15) is 41.3 Å². The largest absolute Gasteiger partial charge is 0.493 e. The lowest BCUT2D eigenvalue weighted by molar-refractivity contribution is 0.0950. The van der Waals surface area contributed by atoms with Crippen molar-refractivity contribution in [2.75, 3.05) is 20.3 Å². The van der Waals surface area contributed by atoms with E-state index in [4.69, 9.17) is 14.2 Å². The molecule has 0 aliphatic rings. The normalized spacial score (nSPS) is 10.5. The lowest BCUT2D eigenvalue weighted by Gasteiger charge is -2.13. The van der Waals surface area contributed by atoms with Crippen LogP contribution < -0.4 is 19.5 Å². The number of hydrogen-bond acceptors (Lipinski definition) is 4. The molecule has 1 amide bonds. The monoisotopic (exact) mass is 511 g/mol. The fraction of sp³-hybridized carbons (Fsp3) is 0.296. The van der Waals surface area contributed by atoms with Crippen LogP contribution in [0.3, 0.4) is 0 Å². The van der Waals surface area contributed by atoms with Gasteiger partial charge in [-0.2, -0.15) is 0 Å². The number of halogens is 1. The molecule has 0 bridgehead atoms. The summed E-state index contributed by atoms with van der Waals surface area (Å²) in [7, 11) is 1.62. The highest BCUT2D eigenvalue weighted by Crippen LogP contribution is 2.29. The second-order valence-electron chi connectivity index (χ2n) is 7.60. The molecule has 0 fully saturated rings. The summed E-state index contributed by atoms with van der Waals surface area (Å²) in [4.78, 5) is 12.6. The molecule has 0 aliphatic carbocycles. The Labute approximate surface area is 204 Å². The number of amides is 1. The smallest absolute Gasteiger partial charge is 0.251 e. The first-order chi connectivity index (χ1) is 16.1. The Kier molecular flexibility index (Phi) is 9.63. The Morgan fingerprint density at radius 2 is 1.64 bits per heavy atom. The van der Waals surface area contributed by atoms with Gasteiger partial charge in [0.15, 0.2) is 11.5 Å². The van der Waals surface area contributed by atoms with Gasteiger partial charge < -0.3 is 19.5 Å². The van der Waals surface area contributed by atoms with Gasteiger partial charge in [0.05, 0.1) is 24.8 Å². The summed E-state index contributed by atoms with van der Waals surface area (Å²) < 4.78 is 17.8. The minimum atomic E-state index is -0.159. The zero-order chi connectivity index (χ0) is 23.5.